The molecule has 8 heteroatoms. The summed E-state index contributed by atoms with van der Waals surface area (Å²) in [4.78, 5) is 15.4. The van der Waals surface area contributed by atoms with Crippen LogP contribution in [0.15, 0.2) is 34.0 Å². The summed E-state index contributed by atoms with van der Waals surface area (Å²) in [6.07, 6.45) is 6.43. The summed E-state index contributed by atoms with van der Waals surface area (Å²) in [7, 11) is 0. The first-order chi connectivity index (χ1) is 15.5. The minimum Gasteiger partial charge on any atom is -0.467 e. The van der Waals surface area contributed by atoms with E-state index in [0.717, 1.165) is 60.0 Å². The molecule has 0 radical (unpaired) electrons. The van der Waals surface area contributed by atoms with Gasteiger partial charge in [-0.3, -0.25) is 9.36 Å². The summed E-state index contributed by atoms with van der Waals surface area (Å²) in [5, 5.41) is 9.76. The lowest BCUT2D eigenvalue weighted by Crippen LogP contribution is -2.35. The van der Waals surface area contributed by atoms with Crippen molar-refractivity contribution in [3.05, 3.63) is 47.2 Å². The standard InChI is InChI=1S/C24H31N5O2S/c1-16-8-10-27(11-9-16)23-25-26-24(28(23)14-20-5-4-12-31-20)32-15-22(30)21-13-17(2)29(18(21)3)19-6-7-19/h4-5,12-13,16,19H,6-11,14-15H2,1-3H3. The summed E-state index contributed by atoms with van der Waals surface area (Å²) >= 11 is 1.47. The van der Waals surface area contributed by atoms with Gasteiger partial charge in [0.25, 0.3) is 0 Å². The fourth-order valence-corrected chi connectivity index (χ4v) is 5.51. The Morgan fingerprint density at radius 3 is 2.66 bits per heavy atom. The molecule has 5 rings (SSSR count). The Kier molecular flexibility index (Phi) is 5.88. The van der Waals surface area contributed by atoms with Gasteiger partial charge in [-0.2, -0.15) is 0 Å². The van der Waals surface area contributed by atoms with Gasteiger partial charge in [-0.05, 0) is 63.6 Å². The van der Waals surface area contributed by atoms with Crippen molar-refractivity contribution in [1.82, 2.24) is 19.3 Å². The van der Waals surface area contributed by atoms with E-state index < -0.39 is 0 Å². The highest BCUT2D eigenvalue weighted by atomic mass is 32.2. The quantitative estimate of drug-likeness (QED) is 0.357. The van der Waals surface area contributed by atoms with Gasteiger partial charge >= 0.3 is 0 Å². The van der Waals surface area contributed by atoms with E-state index in [1.807, 2.05) is 18.2 Å². The molecular formula is C24H31N5O2S. The maximum Gasteiger partial charge on any atom is 0.228 e. The Bertz CT molecular complexity index is 1090. The van der Waals surface area contributed by atoms with Crippen LogP contribution >= 0.6 is 11.8 Å². The third-order valence-corrected chi connectivity index (χ3v) is 7.65. The van der Waals surface area contributed by atoms with E-state index >= 15 is 0 Å². The lowest BCUT2D eigenvalue weighted by molar-refractivity contribution is 0.102. The summed E-state index contributed by atoms with van der Waals surface area (Å²) in [6, 6.07) is 6.49. The second kappa shape index (κ2) is 8.81. The molecule has 1 saturated heterocycles. The third kappa shape index (κ3) is 4.25. The van der Waals surface area contributed by atoms with Gasteiger partial charge in [0.1, 0.15) is 5.76 Å². The molecule has 3 aromatic heterocycles. The molecule has 170 valence electrons. The highest BCUT2D eigenvalue weighted by molar-refractivity contribution is 7.99. The van der Waals surface area contributed by atoms with Gasteiger partial charge < -0.3 is 13.9 Å². The fraction of sp³-hybridized carbons (Fsp3) is 0.542. The van der Waals surface area contributed by atoms with Crippen LogP contribution in [0.2, 0.25) is 0 Å². The van der Waals surface area contributed by atoms with Gasteiger partial charge in [-0.15, -0.1) is 10.2 Å². The Hall–Kier alpha value is -2.48. The number of thioether (sulfide) groups is 1. The van der Waals surface area contributed by atoms with Crippen LogP contribution in [0.5, 0.6) is 0 Å². The first-order valence-corrected chi connectivity index (χ1v) is 12.5. The minimum absolute atomic E-state index is 0.149. The molecule has 0 spiro atoms. The van der Waals surface area contributed by atoms with Crippen LogP contribution in [0.4, 0.5) is 5.95 Å². The third-order valence-electron chi connectivity index (χ3n) is 6.69. The first kappa shape index (κ1) is 21.4. The maximum absolute atomic E-state index is 13.1. The number of furan rings is 1. The van der Waals surface area contributed by atoms with Crippen molar-refractivity contribution >= 4 is 23.5 Å². The van der Waals surface area contributed by atoms with Gasteiger partial charge in [-0.25, -0.2) is 0 Å². The number of piperidine rings is 1. The molecule has 7 nitrogen and oxygen atoms in total. The van der Waals surface area contributed by atoms with Crippen LogP contribution in [0.1, 0.15) is 66.2 Å². The monoisotopic (exact) mass is 453 g/mol. The molecule has 0 N–H and O–H groups in total. The molecular weight excluding hydrogens is 422 g/mol. The zero-order chi connectivity index (χ0) is 22.2. The Labute approximate surface area is 193 Å². The summed E-state index contributed by atoms with van der Waals surface area (Å²) in [6.45, 7) is 8.99. The molecule has 2 aliphatic rings. The highest BCUT2D eigenvalue weighted by Crippen LogP contribution is 2.38. The summed E-state index contributed by atoms with van der Waals surface area (Å²) in [5.41, 5.74) is 3.11. The average molecular weight is 454 g/mol. The SMILES string of the molecule is Cc1cc(C(=O)CSc2nnc(N3CCC(C)CC3)n2Cc2ccco2)c(C)n1C1CC1. The number of carbonyl (C=O) groups is 1. The van der Waals surface area contributed by atoms with E-state index in [4.69, 9.17) is 4.42 Å². The molecule has 0 aromatic carbocycles. The number of rotatable bonds is 8. The normalized spacial score (nSPS) is 17.3. The number of Topliss-reactive ketones (excluding diaryl/α,β-unsaturated/α-hetero) is 1. The van der Waals surface area contributed by atoms with E-state index in [0.29, 0.717) is 18.3 Å². The predicted octanol–water partition coefficient (Wildman–Crippen LogP) is 4.88. The van der Waals surface area contributed by atoms with E-state index in [1.54, 1.807) is 6.26 Å². The van der Waals surface area contributed by atoms with Crippen molar-refractivity contribution in [2.24, 2.45) is 5.92 Å². The Morgan fingerprint density at radius 1 is 1.19 bits per heavy atom. The average Bonchev–Trinajstić information content (AvgIpc) is 3.18. The van der Waals surface area contributed by atoms with Crippen LogP contribution in [0.3, 0.4) is 0 Å². The van der Waals surface area contributed by atoms with Crippen molar-refractivity contribution in [3.63, 3.8) is 0 Å². The van der Waals surface area contributed by atoms with Crippen molar-refractivity contribution in [2.45, 2.75) is 64.2 Å². The molecule has 0 bridgehead atoms. The molecule has 1 aliphatic heterocycles. The van der Waals surface area contributed by atoms with Crippen LogP contribution < -0.4 is 4.90 Å². The van der Waals surface area contributed by atoms with E-state index in [9.17, 15) is 4.79 Å². The zero-order valence-electron chi connectivity index (χ0n) is 19.1. The minimum atomic E-state index is 0.149. The molecule has 1 aliphatic carbocycles. The molecule has 0 amide bonds. The van der Waals surface area contributed by atoms with Gasteiger partial charge in [0.05, 0.1) is 18.6 Å². The number of nitrogens with zero attached hydrogens (tertiary/aromatic N) is 5. The van der Waals surface area contributed by atoms with Gasteiger partial charge in [0.2, 0.25) is 5.95 Å². The fourth-order valence-electron chi connectivity index (χ4n) is 4.69. The van der Waals surface area contributed by atoms with Crippen molar-refractivity contribution in [2.75, 3.05) is 23.7 Å². The van der Waals surface area contributed by atoms with E-state index in [1.165, 1.54) is 30.3 Å². The zero-order valence-corrected chi connectivity index (χ0v) is 19.9. The molecule has 32 heavy (non-hydrogen) atoms. The highest BCUT2D eigenvalue weighted by Gasteiger charge is 2.29. The molecule has 4 heterocycles. The number of aryl methyl sites for hydroxylation is 1. The summed E-state index contributed by atoms with van der Waals surface area (Å²) < 4.78 is 10.0. The van der Waals surface area contributed by atoms with Gasteiger partial charge in [-0.1, -0.05) is 18.7 Å². The van der Waals surface area contributed by atoms with Crippen LogP contribution in [-0.4, -0.2) is 44.0 Å². The van der Waals surface area contributed by atoms with Crippen molar-refractivity contribution in [1.29, 1.82) is 0 Å². The lowest BCUT2D eigenvalue weighted by atomic mass is 10.00. The van der Waals surface area contributed by atoms with Crippen LogP contribution in [0, 0.1) is 19.8 Å². The Morgan fingerprint density at radius 2 is 1.97 bits per heavy atom. The first-order valence-electron chi connectivity index (χ1n) is 11.6. The lowest BCUT2D eigenvalue weighted by Gasteiger charge is -2.31. The number of hydrogen-bond donors (Lipinski definition) is 0. The van der Waals surface area contributed by atoms with E-state index in [-0.39, 0.29) is 5.78 Å². The number of hydrogen-bond acceptors (Lipinski definition) is 6. The number of carbonyl (C=O) groups excluding carboxylic acids is 1. The van der Waals surface area contributed by atoms with Crippen LogP contribution in [-0.2, 0) is 6.54 Å². The smallest absolute Gasteiger partial charge is 0.228 e. The van der Waals surface area contributed by atoms with Gasteiger partial charge in [0, 0.05) is 36.1 Å². The molecule has 0 atom stereocenters. The molecule has 3 aromatic rings. The van der Waals surface area contributed by atoms with Crippen molar-refractivity contribution in [3.8, 4) is 0 Å². The number of ketones is 1. The molecule has 2 fully saturated rings. The molecule has 1 saturated carbocycles. The number of aromatic nitrogens is 4. The second-order valence-electron chi connectivity index (χ2n) is 9.22. The second-order valence-corrected chi connectivity index (χ2v) is 10.2. The summed E-state index contributed by atoms with van der Waals surface area (Å²) in [5.74, 6) is 2.97. The predicted molar refractivity (Wildman–Crippen MR) is 126 cm³/mol. The Balaban J connectivity index is 1.35. The van der Waals surface area contributed by atoms with Gasteiger partial charge in [0.15, 0.2) is 10.9 Å². The van der Waals surface area contributed by atoms with Crippen molar-refractivity contribution < 1.29 is 9.21 Å². The topological polar surface area (TPSA) is 69.1 Å². The number of anilines is 1. The molecule has 0 unspecified atom stereocenters. The maximum atomic E-state index is 13.1. The van der Waals surface area contributed by atoms with E-state index in [2.05, 4.69) is 45.0 Å². The largest absolute Gasteiger partial charge is 0.467 e. The van der Waals surface area contributed by atoms with Crippen LogP contribution in [0.25, 0.3) is 0 Å².